The Morgan fingerprint density at radius 1 is 0.269 bits per heavy atom. The van der Waals surface area contributed by atoms with Crippen molar-refractivity contribution in [1.29, 1.82) is 0 Å². The Labute approximate surface area is 664 Å². The van der Waals surface area contributed by atoms with Crippen LogP contribution in [0.4, 0.5) is 0 Å². The topological polar surface area (TPSA) is 237 Å². The number of unbranched alkanes of at least 4 members (excludes halogenated alkanes) is 57. The maximum atomic E-state index is 13.2. The van der Waals surface area contributed by atoms with Gasteiger partial charge in [-0.15, -0.1) is 0 Å². The fourth-order valence-corrected chi connectivity index (χ4v) is 15.5. The lowest BCUT2D eigenvalue weighted by atomic mass is 9.99. The summed E-state index contributed by atoms with van der Waals surface area (Å²) in [6.07, 6.45) is 73.5. The van der Waals surface area contributed by atoms with Gasteiger partial charge in [0, 0.05) is 25.7 Å². The number of aliphatic hydroxyl groups excluding tert-OH is 1. The lowest BCUT2D eigenvalue weighted by Gasteiger charge is -2.21. The first-order valence-electron chi connectivity index (χ1n) is 46.0. The van der Waals surface area contributed by atoms with Crippen LogP contribution in [0.15, 0.2) is 0 Å². The van der Waals surface area contributed by atoms with E-state index in [1.807, 2.05) is 0 Å². The Hall–Kier alpha value is -1.94. The maximum absolute atomic E-state index is 13.2. The third kappa shape index (κ3) is 80.7. The fraction of sp³-hybridized carbons (Fsp3) is 0.955. The van der Waals surface area contributed by atoms with Gasteiger partial charge in [-0.1, -0.05) is 427 Å². The van der Waals surface area contributed by atoms with Gasteiger partial charge in [-0.25, -0.2) is 9.13 Å². The van der Waals surface area contributed by atoms with Gasteiger partial charge in [0.25, 0.3) is 0 Å². The maximum Gasteiger partial charge on any atom is 0.472 e. The second-order valence-electron chi connectivity index (χ2n) is 32.7. The molecule has 0 rings (SSSR count). The average Bonchev–Trinajstić information content (AvgIpc) is 0.900. The number of ether oxygens (including phenoxy) is 4. The molecule has 6 atom stereocenters. The van der Waals surface area contributed by atoms with Crippen molar-refractivity contribution in [2.45, 2.75) is 496 Å². The van der Waals surface area contributed by atoms with E-state index in [2.05, 4.69) is 41.5 Å². The van der Waals surface area contributed by atoms with Gasteiger partial charge in [0.1, 0.15) is 19.3 Å². The number of phosphoric ester groups is 2. The molecule has 108 heavy (non-hydrogen) atoms. The molecule has 19 heteroatoms. The van der Waals surface area contributed by atoms with Crippen LogP contribution in [0.2, 0.25) is 0 Å². The van der Waals surface area contributed by atoms with Crippen molar-refractivity contribution in [3.05, 3.63) is 0 Å². The first-order valence-corrected chi connectivity index (χ1v) is 49.0. The monoisotopic (exact) mass is 1580 g/mol. The van der Waals surface area contributed by atoms with E-state index in [9.17, 15) is 43.2 Å². The minimum absolute atomic E-state index is 0.108. The third-order valence-electron chi connectivity index (χ3n) is 21.3. The van der Waals surface area contributed by atoms with Crippen molar-refractivity contribution in [3.63, 3.8) is 0 Å². The highest BCUT2D eigenvalue weighted by molar-refractivity contribution is 7.47. The van der Waals surface area contributed by atoms with Gasteiger partial charge < -0.3 is 33.8 Å². The van der Waals surface area contributed by atoms with Crippen LogP contribution >= 0.6 is 15.6 Å². The zero-order valence-corrected chi connectivity index (χ0v) is 73.0. The summed E-state index contributed by atoms with van der Waals surface area (Å²) >= 11 is 0. The summed E-state index contributed by atoms with van der Waals surface area (Å²) in [7, 11) is -9.93. The number of aliphatic hydroxyl groups is 1. The SMILES string of the molecule is CCCCCCCCCCCCCCCCCCCCCCCC(=O)O[C@H](COC(=O)CCCCCCCCCCCCCCCCC(C)CC)COP(=O)(O)OC[C@@H](O)COP(=O)(O)OC[C@@H](COC(=O)CCCCCCCCCCCCCCC)OC(=O)CCCCCCCCCCCCCCCC(C)C. The van der Waals surface area contributed by atoms with E-state index in [0.29, 0.717) is 25.7 Å². The van der Waals surface area contributed by atoms with Gasteiger partial charge in [0.05, 0.1) is 26.4 Å². The van der Waals surface area contributed by atoms with Crippen molar-refractivity contribution >= 4 is 39.5 Å². The van der Waals surface area contributed by atoms with Crippen LogP contribution in [0.1, 0.15) is 478 Å². The fourth-order valence-electron chi connectivity index (χ4n) is 13.9. The molecule has 0 saturated carbocycles. The molecule has 3 unspecified atom stereocenters. The first kappa shape index (κ1) is 106. The number of hydrogen-bond donors (Lipinski definition) is 3. The largest absolute Gasteiger partial charge is 0.472 e. The standard InChI is InChI=1S/C89H174O17P2/c1-7-10-12-14-16-18-20-22-23-24-25-26-27-28-29-37-43-49-55-61-67-73-88(93)105-85(78-100-87(92)72-66-60-54-48-42-36-31-30-35-40-46-52-58-64-70-82(6)9-3)80-104-108(97,98)102-76-83(90)75-101-107(95,96)103-79-84(77-99-86(91)71-65-59-53-47-41-33-21-19-17-15-13-11-8-2)106-89(94)74-68-62-56-50-44-38-32-34-39-45-51-57-63-69-81(4)5/h81-85,90H,7-80H2,1-6H3,(H,95,96)(H,97,98)/t82?,83-,84+,85+/m0/s1. The van der Waals surface area contributed by atoms with Gasteiger partial charge in [0.15, 0.2) is 12.2 Å². The van der Waals surface area contributed by atoms with Crippen LogP contribution in [-0.4, -0.2) is 96.7 Å². The smallest absolute Gasteiger partial charge is 0.462 e. The zero-order chi connectivity index (χ0) is 79.2. The van der Waals surface area contributed by atoms with Gasteiger partial charge in [-0.05, 0) is 37.5 Å². The molecule has 0 aromatic heterocycles. The van der Waals surface area contributed by atoms with Crippen LogP contribution in [0.3, 0.4) is 0 Å². The van der Waals surface area contributed by atoms with Crippen molar-refractivity contribution < 1.29 is 80.2 Å². The molecule has 0 heterocycles. The quantitative estimate of drug-likeness (QED) is 0.0222. The van der Waals surface area contributed by atoms with Gasteiger partial charge >= 0.3 is 39.5 Å². The second-order valence-corrected chi connectivity index (χ2v) is 35.6. The van der Waals surface area contributed by atoms with Gasteiger partial charge in [0.2, 0.25) is 0 Å². The Bertz CT molecular complexity index is 2070. The van der Waals surface area contributed by atoms with Crippen molar-refractivity contribution in [1.82, 2.24) is 0 Å². The molecular formula is C89H174O17P2. The Balaban J connectivity index is 5.26. The molecule has 0 radical (unpaired) electrons. The summed E-state index contributed by atoms with van der Waals surface area (Å²) in [6.45, 7) is 9.77. The summed E-state index contributed by atoms with van der Waals surface area (Å²) in [4.78, 5) is 73.4. The number of carbonyl (C=O) groups is 4. The minimum Gasteiger partial charge on any atom is -0.462 e. The van der Waals surface area contributed by atoms with Crippen LogP contribution in [0.5, 0.6) is 0 Å². The van der Waals surface area contributed by atoms with Crippen LogP contribution < -0.4 is 0 Å². The predicted molar refractivity (Wildman–Crippen MR) is 446 cm³/mol. The van der Waals surface area contributed by atoms with Crippen molar-refractivity contribution in [3.8, 4) is 0 Å². The summed E-state index contributed by atoms with van der Waals surface area (Å²) in [5, 5.41) is 10.7. The molecule has 0 aliphatic heterocycles. The average molecular weight is 1580 g/mol. The van der Waals surface area contributed by atoms with E-state index in [4.69, 9.17) is 37.0 Å². The Morgan fingerprint density at radius 3 is 0.704 bits per heavy atom. The summed E-state index contributed by atoms with van der Waals surface area (Å²) in [5.41, 5.74) is 0. The van der Waals surface area contributed by atoms with E-state index in [1.54, 1.807) is 0 Å². The van der Waals surface area contributed by atoms with E-state index in [0.717, 1.165) is 102 Å². The normalized spacial score (nSPS) is 14.0. The van der Waals surface area contributed by atoms with E-state index < -0.39 is 97.5 Å². The first-order chi connectivity index (χ1) is 52.4. The van der Waals surface area contributed by atoms with E-state index >= 15 is 0 Å². The third-order valence-corrected chi connectivity index (χ3v) is 23.2. The highest BCUT2D eigenvalue weighted by Crippen LogP contribution is 2.45. The molecule has 0 bridgehead atoms. The molecule has 0 aromatic rings. The molecule has 0 aliphatic rings. The lowest BCUT2D eigenvalue weighted by Crippen LogP contribution is -2.30. The minimum atomic E-state index is -4.97. The number of carbonyl (C=O) groups excluding carboxylic acids is 4. The lowest BCUT2D eigenvalue weighted by molar-refractivity contribution is -0.161. The van der Waals surface area contributed by atoms with Crippen molar-refractivity contribution in [2.75, 3.05) is 39.6 Å². The highest BCUT2D eigenvalue weighted by Gasteiger charge is 2.31. The van der Waals surface area contributed by atoms with Crippen LogP contribution in [0, 0.1) is 11.8 Å². The molecule has 0 aromatic carbocycles. The molecule has 0 saturated heterocycles. The summed E-state index contributed by atoms with van der Waals surface area (Å²) in [5.74, 6) is -0.460. The summed E-state index contributed by atoms with van der Waals surface area (Å²) in [6, 6.07) is 0. The Morgan fingerprint density at radius 2 is 0.472 bits per heavy atom. The molecule has 0 amide bonds. The molecule has 0 aliphatic carbocycles. The van der Waals surface area contributed by atoms with Gasteiger partial charge in [-0.2, -0.15) is 0 Å². The van der Waals surface area contributed by atoms with Crippen LogP contribution in [-0.2, 0) is 65.4 Å². The predicted octanol–water partition coefficient (Wildman–Crippen LogP) is 27.4. The number of rotatable bonds is 88. The summed E-state index contributed by atoms with van der Waals surface area (Å²) < 4.78 is 69.0. The number of esters is 4. The van der Waals surface area contributed by atoms with Gasteiger partial charge in [-0.3, -0.25) is 37.3 Å². The molecule has 642 valence electrons. The van der Waals surface area contributed by atoms with E-state index in [-0.39, 0.29) is 25.7 Å². The van der Waals surface area contributed by atoms with Crippen molar-refractivity contribution in [2.24, 2.45) is 11.8 Å². The highest BCUT2D eigenvalue weighted by atomic mass is 31.2. The van der Waals surface area contributed by atoms with Crippen LogP contribution in [0.25, 0.3) is 0 Å². The molecule has 0 spiro atoms. The molecule has 17 nitrogen and oxygen atoms in total. The Kier molecular flexibility index (Phi) is 78.8. The molecule has 0 fully saturated rings. The molecular weight excluding hydrogens is 1400 g/mol. The molecule has 3 N–H and O–H groups in total. The number of hydrogen-bond acceptors (Lipinski definition) is 15. The second kappa shape index (κ2) is 80.3. The number of phosphoric acid groups is 2. The zero-order valence-electron chi connectivity index (χ0n) is 71.2. The van der Waals surface area contributed by atoms with E-state index in [1.165, 1.54) is 295 Å².